The van der Waals surface area contributed by atoms with E-state index in [4.69, 9.17) is 9.15 Å². The normalized spacial score (nSPS) is 14.7. The zero-order chi connectivity index (χ0) is 24.7. The summed E-state index contributed by atoms with van der Waals surface area (Å²) in [5.74, 6) is -0.775. The van der Waals surface area contributed by atoms with Crippen LogP contribution in [0.1, 0.15) is 45.0 Å². The van der Waals surface area contributed by atoms with Gasteiger partial charge in [-0.05, 0) is 67.1 Å². The van der Waals surface area contributed by atoms with Gasteiger partial charge in [-0.25, -0.2) is 4.39 Å². The fraction of sp³-hybridized carbons (Fsp3) is 0.107. The van der Waals surface area contributed by atoms with Crippen molar-refractivity contribution in [3.05, 3.63) is 118 Å². The monoisotopic (exact) mass is 469 g/mol. The van der Waals surface area contributed by atoms with Crippen LogP contribution in [0.5, 0.6) is 5.75 Å². The topological polar surface area (TPSA) is 76.8 Å². The van der Waals surface area contributed by atoms with Crippen molar-refractivity contribution in [3.8, 4) is 5.75 Å². The Balaban J connectivity index is 1.74. The van der Waals surface area contributed by atoms with Crippen molar-refractivity contribution >= 4 is 28.3 Å². The quantitative estimate of drug-likeness (QED) is 0.277. The third kappa shape index (κ3) is 3.81. The molecular weight excluding hydrogens is 449 g/mol. The van der Waals surface area contributed by atoms with Crippen molar-refractivity contribution in [1.82, 2.24) is 0 Å². The second-order valence-corrected chi connectivity index (χ2v) is 8.17. The van der Waals surface area contributed by atoms with Gasteiger partial charge in [0.15, 0.2) is 11.2 Å². The van der Waals surface area contributed by atoms with E-state index in [-0.39, 0.29) is 34.7 Å². The first-order valence-electron chi connectivity index (χ1n) is 10.9. The van der Waals surface area contributed by atoms with Crippen LogP contribution in [0.2, 0.25) is 0 Å². The molecule has 1 amide bonds. The number of ether oxygens (including phenoxy) is 1. The van der Waals surface area contributed by atoms with Crippen molar-refractivity contribution < 1.29 is 23.1 Å². The van der Waals surface area contributed by atoms with Crippen molar-refractivity contribution in [1.29, 1.82) is 0 Å². The molecule has 0 saturated heterocycles. The number of amides is 1. The molecule has 1 unspecified atom stereocenters. The molecule has 0 spiro atoms. The number of ketones is 1. The van der Waals surface area contributed by atoms with E-state index in [2.05, 4.69) is 6.58 Å². The Bertz CT molecular complexity index is 1550. The molecule has 0 fully saturated rings. The summed E-state index contributed by atoms with van der Waals surface area (Å²) < 4.78 is 25.5. The van der Waals surface area contributed by atoms with Gasteiger partial charge in [0.25, 0.3) is 5.91 Å². The van der Waals surface area contributed by atoms with Crippen LogP contribution in [-0.2, 0) is 0 Å². The molecule has 0 radical (unpaired) electrons. The fourth-order valence-corrected chi connectivity index (χ4v) is 4.31. The number of halogens is 1. The zero-order valence-corrected chi connectivity index (χ0v) is 18.8. The summed E-state index contributed by atoms with van der Waals surface area (Å²) in [7, 11) is 0. The number of benzene rings is 3. The van der Waals surface area contributed by atoms with Crippen LogP contribution in [0.25, 0.3) is 11.0 Å². The molecular formula is C28H20FNO5. The second-order valence-electron chi connectivity index (χ2n) is 8.17. The lowest BCUT2D eigenvalue weighted by Crippen LogP contribution is -2.29. The van der Waals surface area contributed by atoms with Gasteiger partial charge >= 0.3 is 0 Å². The fourth-order valence-electron chi connectivity index (χ4n) is 4.31. The first kappa shape index (κ1) is 22.3. The van der Waals surface area contributed by atoms with Gasteiger partial charge in [-0.2, -0.15) is 0 Å². The summed E-state index contributed by atoms with van der Waals surface area (Å²) >= 11 is 0. The van der Waals surface area contributed by atoms with Gasteiger partial charge in [0.05, 0.1) is 17.0 Å². The number of carbonyl (C=O) groups excluding carboxylic acids is 2. The van der Waals surface area contributed by atoms with Crippen LogP contribution >= 0.6 is 0 Å². The average molecular weight is 469 g/mol. The summed E-state index contributed by atoms with van der Waals surface area (Å²) in [5.41, 5.74) is 1.33. The van der Waals surface area contributed by atoms with Gasteiger partial charge in [-0.15, -0.1) is 0 Å². The molecule has 5 rings (SSSR count). The molecule has 1 aliphatic heterocycles. The molecule has 1 aliphatic rings. The third-order valence-corrected chi connectivity index (χ3v) is 5.93. The van der Waals surface area contributed by atoms with Crippen LogP contribution < -0.4 is 15.1 Å². The number of hydrogen-bond acceptors (Lipinski definition) is 5. The number of fused-ring (bicyclic) bond motifs is 2. The summed E-state index contributed by atoms with van der Waals surface area (Å²) in [6, 6.07) is 16.3. The average Bonchev–Trinajstić information content (AvgIpc) is 3.16. The number of Topliss-reactive ketones (excluding diaryl/α,β-unsaturated/α-hetero) is 1. The van der Waals surface area contributed by atoms with Gasteiger partial charge in [-0.1, -0.05) is 24.8 Å². The summed E-state index contributed by atoms with van der Waals surface area (Å²) in [6.45, 7) is 5.39. The Kier molecular flexibility index (Phi) is 5.53. The summed E-state index contributed by atoms with van der Waals surface area (Å²) in [5, 5.41) is 0.0504. The molecule has 7 heteroatoms. The minimum Gasteiger partial charge on any atom is -0.490 e. The van der Waals surface area contributed by atoms with E-state index in [1.54, 1.807) is 54.6 Å². The minimum absolute atomic E-state index is 0.0504. The van der Waals surface area contributed by atoms with E-state index < -0.39 is 23.2 Å². The van der Waals surface area contributed by atoms with E-state index >= 15 is 0 Å². The standard InChI is InChI=1S/C28H20FNO5/c1-3-13-34-21-6-4-5-18(14-21)25-24-26(32)22-15-19(29)9-12-23(22)35-27(24)28(33)30(25)20-10-7-17(8-11-20)16(2)31/h3-12,14-15,25H,1,13H2,2H3. The Hall–Kier alpha value is -4.52. The summed E-state index contributed by atoms with van der Waals surface area (Å²) in [4.78, 5) is 40.4. The molecule has 0 bridgehead atoms. The molecule has 0 saturated carbocycles. The Labute approximate surface area is 199 Å². The molecule has 1 aromatic heterocycles. The van der Waals surface area contributed by atoms with E-state index in [1.807, 2.05) is 0 Å². The second kappa shape index (κ2) is 8.68. The lowest BCUT2D eigenvalue weighted by molar-refractivity contribution is 0.0970. The van der Waals surface area contributed by atoms with Crippen LogP contribution in [0.15, 0.2) is 88.6 Å². The van der Waals surface area contributed by atoms with Crippen LogP contribution in [0.4, 0.5) is 10.1 Å². The van der Waals surface area contributed by atoms with Crippen LogP contribution in [-0.4, -0.2) is 18.3 Å². The highest BCUT2D eigenvalue weighted by molar-refractivity contribution is 6.11. The van der Waals surface area contributed by atoms with Gasteiger partial charge < -0.3 is 9.15 Å². The highest BCUT2D eigenvalue weighted by atomic mass is 19.1. The van der Waals surface area contributed by atoms with Gasteiger partial charge in [0.1, 0.15) is 23.8 Å². The Morgan fingerprint density at radius 1 is 1.11 bits per heavy atom. The maximum atomic E-state index is 14.0. The first-order valence-corrected chi connectivity index (χ1v) is 10.9. The molecule has 6 nitrogen and oxygen atoms in total. The minimum atomic E-state index is -0.850. The molecule has 4 aromatic rings. The number of anilines is 1. The van der Waals surface area contributed by atoms with Crippen molar-refractivity contribution in [2.45, 2.75) is 13.0 Å². The van der Waals surface area contributed by atoms with Gasteiger partial charge in [0.2, 0.25) is 5.76 Å². The SMILES string of the molecule is C=CCOc1cccc(C2c3c(oc4ccc(F)cc4c3=O)C(=O)N2c2ccc(C(C)=O)cc2)c1. The molecule has 1 atom stereocenters. The Morgan fingerprint density at radius 3 is 2.60 bits per heavy atom. The molecule has 174 valence electrons. The maximum Gasteiger partial charge on any atom is 0.295 e. The van der Waals surface area contributed by atoms with E-state index in [0.717, 1.165) is 6.07 Å². The summed E-state index contributed by atoms with van der Waals surface area (Å²) in [6.07, 6.45) is 1.61. The van der Waals surface area contributed by atoms with Crippen molar-refractivity contribution in [2.75, 3.05) is 11.5 Å². The predicted molar refractivity (Wildman–Crippen MR) is 130 cm³/mol. The van der Waals surface area contributed by atoms with E-state index in [9.17, 15) is 18.8 Å². The zero-order valence-electron chi connectivity index (χ0n) is 18.8. The number of carbonyl (C=O) groups is 2. The Morgan fingerprint density at radius 2 is 1.89 bits per heavy atom. The third-order valence-electron chi connectivity index (χ3n) is 5.93. The molecule has 0 N–H and O–H groups in total. The van der Waals surface area contributed by atoms with Crippen molar-refractivity contribution in [2.24, 2.45) is 0 Å². The molecule has 3 aromatic carbocycles. The van der Waals surface area contributed by atoms with Gasteiger partial charge in [0, 0.05) is 11.3 Å². The smallest absolute Gasteiger partial charge is 0.295 e. The molecule has 35 heavy (non-hydrogen) atoms. The van der Waals surface area contributed by atoms with Crippen LogP contribution in [0.3, 0.4) is 0 Å². The maximum absolute atomic E-state index is 14.0. The molecule has 0 aliphatic carbocycles. The number of rotatable bonds is 6. The first-order chi connectivity index (χ1) is 16.9. The number of hydrogen-bond donors (Lipinski definition) is 0. The number of nitrogens with zero attached hydrogens (tertiary/aromatic N) is 1. The van der Waals surface area contributed by atoms with Gasteiger partial charge in [-0.3, -0.25) is 19.3 Å². The highest BCUT2D eigenvalue weighted by Gasteiger charge is 2.43. The molecule has 2 heterocycles. The lowest BCUT2D eigenvalue weighted by Gasteiger charge is -2.25. The lowest BCUT2D eigenvalue weighted by atomic mass is 9.98. The van der Waals surface area contributed by atoms with E-state index in [0.29, 0.717) is 22.6 Å². The highest BCUT2D eigenvalue weighted by Crippen LogP contribution is 2.42. The largest absolute Gasteiger partial charge is 0.490 e. The van der Waals surface area contributed by atoms with Crippen LogP contribution in [0, 0.1) is 5.82 Å². The predicted octanol–water partition coefficient (Wildman–Crippen LogP) is 5.45. The van der Waals surface area contributed by atoms with Crippen molar-refractivity contribution in [3.63, 3.8) is 0 Å². The van der Waals surface area contributed by atoms with E-state index in [1.165, 1.54) is 24.0 Å².